The molecule has 1 fully saturated rings. The monoisotopic (exact) mass is 351 g/mol. The van der Waals surface area contributed by atoms with Crippen molar-refractivity contribution in [2.45, 2.75) is 45.2 Å². The van der Waals surface area contributed by atoms with Crippen LogP contribution in [0, 0.1) is 11.8 Å². The van der Waals surface area contributed by atoms with Crippen molar-refractivity contribution < 1.29 is 31.0 Å². The molecule has 0 saturated heterocycles. The first-order valence-electron chi connectivity index (χ1n) is 7.66. The van der Waals surface area contributed by atoms with Crippen molar-refractivity contribution in [2.75, 3.05) is 0 Å². The Morgan fingerprint density at radius 3 is 2.33 bits per heavy atom. The van der Waals surface area contributed by atoms with Gasteiger partial charge in [-0.3, -0.25) is 0 Å². The standard InChI is InChI=1S/C16H17F6N2/c1-9(2)12-6-13(12)10-3-4-11-7-24(16(20,21)22)23(14(11)5-10)8-15(17,18)19/h3-5,7,9,12-13H,6,8H2,1-2H3/q+1/t12-,13-/m1/s1. The molecule has 2 nitrogen and oxygen atoms in total. The van der Waals surface area contributed by atoms with Crippen molar-refractivity contribution in [1.29, 1.82) is 0 Å². The van der Waals surface area contributed by atoms with Gasteiger partial charge in [-0.25, -0.2) is 0 Å². The molecule has 0 N–H and O–H groups in total. The van der Waals surface area contributed by atoms with E-state index in [1.165, 1.54) is 12.1 Å². The first-order chi connectivity index (χ1) is 11.0. The van der Waals surface area contributed by atoms with Gasteiger partial charge in [0.05, 0.1) is 5.39 Å². The molecule has 2 atom stereocenters. The molecule has 0 spiro atoms. The van der Waals surface area contributed by atoms with E-state index >= 15 is 0 Å². The SMILES string of the molecule is CC(C)[C@H]1C[C@@H]1c1ccc2c[n+](C(F)(F)F)n(CC(F)(F)F)c2c1. The second-order valence-electron chi connectivity index (χ2n) is 6.68. The van der Waals surface area contributed by atoms with Crippen LogP contribution in [0.25, 0.3) is 10.9 Å². The molecule has 3 rings (SSSR count). The fourth-order valence-electron chi connectivity index (χ4n) is 3.32. The second kappa shape index (κ2) is 5.39. The summed E-state index contributed by atoms with van der Waals surface area (Å²) >= 11 is 0. The normalized spacial score (nSPS) is 21.7. The Hall–Kier alpha value is -1.73. The maximum absolute atomic E-state index is 13.1. The molecule has 1 heterocycles. The summed E-state index contributed by atoms with van der Waals surface area (Å²) < 4.78 is 77.5. The van der Waals surface area contributed by atoms with Crippen LogP contribution in [0.5, 0.6) is 0 Å². The zero-order valence-electron chi connectivity index (χ0n) is 13.1. The van der Waals surface area contributed by atoms with E-state index in [1.807, 2.05) is 0 Å². The number of nitrogens with zero attached hydrogens (tertiary/aromatic N) is 2. The smallest absolute Gasteiger partial charge is 0.169 e. The molecule has 1 aromatic carbocycles. The molecule has 24 heavy (non-hydrogen) atoms. The predicted molar refractivity (Wildman–Crippen MR) is 75.2 cm³/mol. The largest absolute Gasteiger partial charge is 0.660 e. The number of hydrogen-bond acceptors (Lipinski definition) is 0. The molecule has 8 heteroatoms. The minimum atomic E-state index is -4.91. The second-order valence-corrected chi connectivity index (χ2v) is 6.68. The molecule has 1 aliphatic carbocycles. The van der Waals surface area contributed by atoms with Gasteiger partial charge in [-0.2, -0.15) is 13.2 Å². The lowest BCUT2D eigenvalue weighted by Crippen LogP contribution is -2.54. The van der Waals surface area contributed by atoms with Crippen molar-refractivity contribution >= 4 is 10.9 Å². The molecular formula is C16H17F6N2+. The zero-order valence-corrected chi connectivity index (χ0v) is 13.1. The molecule has 0 amide bonds. The van der Waals surface area contributed by atoms with Crippen LogP contribution in [-0.4, -0.2) is 10.9 Å². The third kappa shape index (κ3) is 3.23. The van der Waals surface area contributed by atoms with E-state index in [4.69, 9.17) is 0 Å². The molecule has 1 aliphatic rings. The summed E-state index contributed by atoms with van der Waals surface area (Å²) in [6.45, 7) is 2.44. The first kappa shape index (κ1) is 17.1. The summed E-state index contributed by atoms with van der Waals surface area (Å²) in [6, 6.07) is 4.65. The highest BCUT2D eigenvalue weighted by Gasteiger charge is 2.48. The maximum Gasteiger partial charge on any atom is 0.660 e. The summed E-state index contributed by atoms with van der Waals surface area (Å²) in [5, 5.41) is 0.141. The van der Waals surface area contributed by atoms with Crippen LogP contribution in [0.2, 0.25) is 0 Å². The zero-order chi connectivity index (χ0) is 17.9. The van der Waals surface area contributed by atoms with Crippen LogP contribution in [0.3, 0.4) is 0 Å². The third-order valence-corrected chi connectivity index (χ3v) is 4.57. The Morgan fingerprint density at radius 2 is 1.83 bits per heavy atom. The Balaban J connectivity index is 2.09. The summed E-state index contributed by atoms with van der Waals surface area (Å²) in [5.41, 5.74) is 0.758. The number of alkyl halides is 6. The average molecular weight is 351 g/mol. The van der Waals surface area contributed by atoms with Gasteiger partial charge in [-0.1, -0.05) is 19.9 Å². The molecule has 2 aromatic rings. The third-order valence-electron chi connectivity index (χ3n) is 4.57. The highest BCUT2D eigenvalue weighted by Crippen LogP contribution is 2.52. The van der Waals surface area contributed by atoms with E-state index in [0.29, 0.717) is 18.0 Å². The molecule has 0 aliphatic heterocycles. The number of hydrogen-bond donors (Lipinski definition) is 0. The van der Waals surface area contributed by atoms with Crippen LogP contribution in [0.1, 0.15) is 31.7 Å². The Labute approximate surface area is 134 Å². The molecule has 132 valence electrons. The molecule has 0 radical (unpaired) electrons. The summed E-state index contributed by atoms with van der Waals surface area (Å²) in [7, 11) is 0. The van der Waals surface area contributed by atoms with Gasteiger partial charge in [-0.05, 0) is 46.6 Å². The van der Waals surface area contributed by atoms with E-state index in [0.717, 1.165) is 12.0 Å². The molecule has 0 bridgehead atoms. The lowest BCUT2D eigenvalue weighted by atomic mass is 10.0. The number of aromatic nitrogens is 2. The lowest BCUT2D eigenvalue weighted by molar-refractivity contribution is -0.910. The topological polar surface area (TPSA) is 8.81 Å². The van der Waals surface area contributed by atoms with Crippen LogP contribution in [-0.2, 0) is 12.8 Å². The van der Waals surface area contributed by atoms with Crippen molar-refractivity contribution in [3.8, 4) is 0 Å². The average Bonchev–Trinajstić information content (AvgIpc) is 3.14. The van der Waals surface area contributed by atoms with Gasteiger partial charge >= 0.3 is 12.5 Å². The van der Waals surface area contributed by atoms with Crippen LogP contribution in [0.15, 0.2) is 24.4 Å². The molecule has 0 unspecified atom stereocenters. The van der Waals surface area contributed by atoms with Gasteiger partial charge in [0.15, 0.2) is 6.54 Å². The highest BCUT2D eigenvalue weighted by molar-refractivity contribution is 5.78. The summed E-state index contributed by atoms with van der Waals surface area (Å²) in [5.74, 6) is 1.08. The van der Waals surface area contributed by atoms with E-state index in [2.05, 4.69) is 13.8 Å². The number of fused-ring (bicyclic) bond motifs is 1. The molecular weight excluding hydrogens is 334 g/mol. The quantitative estimate of drug-likeness (QED) is 0.559. The van der Waals surface area contributed by atoms with E-state index in [9.17, 15) is 26.3 Å². The number of benzene rings is 1. The highest BCUT2D eigenvalue weighted by atomic mass is 19.4. The fourth-order valence-corrected chi connectivity index (χ4v) is 3.32. The molecule has 1 aromatic heterocycles. The summed E-state index contributed by atoms with van der Waals surface area (Å²) in [4.78, 5) is 0. The first-order valence-corrected chi connectivity index (χ1v) is 7.66. The van der Waals surface area contributed by atoms with Crippen molar-refractivity contribution in [3.63, 3.8) is 0 Å². The number of rotatable bonds is 3. The van der Waals surface area contributed by atoms with Crippen molar-refractivity contribution in [3.05, 3.63) is 30.0 Å². The fraction of sp³-hybridized carbons (Fsp3) is 0.562. The molecule has 1 saturated carbocycles. The van der Waals surface area contributed by atoms with Crippen LogP contribution >= 0.6 is 0 Å². The minimum absolute atomic E-state index is 0.0449. The minimum Gasteiger partial charge on any atom is -0.169 e. The Morgan fingerprint density at radius 1 is 1.17 bits per heavy atom. The Kier molecular flexibility index (Phi) is 3.84. The van der Waals surface area contributed by atoms with E-state index in [-0.39, 0.29) is 26.2 Å². The predicted octanol–water partition coefficient (Wildman–Crippen LogP) is 4.73. The summed E-state index contributed by atoms with van der Waals surface area (Å²) in [6.07, 6.45) is -8.03. The van der Waals surface area contributed by atoms with Crippen molar-refractivity contribution in [2.24, 2.45) is 11.8 Å². The van der Waals surface area contributed by atoms with Crippen LogP contribution < -0.4 is 4.68 Å². The van der Waals surface area contributed by atoms with Gasteiger partial charge in [0.2, 0.25) is 6.20 Å². The van der Waals surface area contributed by atoms with Gasteiger partial charge in [0.25, 0.3) is 0 Å². The number of halogens is 6. The van der Waals surface area contributed by atoms with E-state index < -0.39 is 19.0 Å². The van der Waals surface area contributed by atoms with Gasteiger partial charge in [-0.15, -0.1) is 17.9 Å². The van der Waals surface area contributed by atoms with E-state index in [1.54, 1.807) is 6.07 Å². The van der Waals surface area contributed by atoms with Crippen molar-refractivity contribution in [1.82, 2.24) is 4.68 Å². The lowest BCUT2D eigenvalue weighted by Gasteiger charge is -2.09. The van der Waals surface area contributed by atoms with Gasteiger partial charge < -0.3 is 0 Å². The maximum atomic E-state index is 13.1. The van der Waals surface area contributed by atoms with Gasteiger partial charge in [0, 0.05) is 0 Å². The van der Waals surface area contributed by atoms with Crippen LogP contribution in [0.4, 0.5) is 26.3 Å². The Bertz CT molecular complexity index is 756. The van der Waals surface area contributed by atoms with Gasteiger partial charge in [0.1, 0.15) is 5.52 Å².